The van der Waals surface area contributed by atoms with Crippen LogP contribution in [0.1, 0.15) is 58.1 Å². The molecule has 0 saturated carbocycles. The molecule has 0 aliphatic rings. The van der Waals surface area contributed by atoms with E-state index >= 15 is 0 Å². The summed E-state index contributed by atoms with van der Waals surface area (Å²) in [6.45, 7) is 12.0. The van der Waals surface area contributed by atoms with Crippen LogP contribution in [0.2, 0.25) is 0 Å². The molecule has 3 aromatic carbocycles. The standard InChI is InChI=1S/C39H52N4O6/c1-6-14-32(35(44)31(21-25(3)4)36(45)34(40)38(47)41-23-26(5)7-2)42-37(46)33(43-39(48)49-24-27-15-9-8-10-16-27)22-29-19-13-18-28-17-11-12-20-30(28)29/h6,8-13,15-20,25-26,31-34,36,45H,1,7,14,21-24,40H2,2-5H3,(H,41,47)(H,42,46)(H,43,48)/t26?,31-,32+,33+,34?,36+/m1/s1. The first kappa shape index (κ1) is 38.9. The largest absolute Gasteiger partial charge is 0.445 e. The van der Waals surface area contributed by atoms with Crippen molar-refractivity contribution in [2.45, 2.75) is 84.2 Å². The molecule has 0 aromatic heterocycles. The summed E-state index contributed by atoms with van der Waals surface area (Å²) < 4.78 is 5.44. The van der Waals surface area contributed by atoms with Crippen LogP contribution in [0.15, 0.2) is 85.5 Å². The van der Waals surface area contributed by atoms with Gasteiger partial charge in [0.25, 0.3) is 0 Å². The Labute approximate surface area is 289 Å². The Kier molecular flexibility index (Phi) is 15.4. The minimum Gasteiger partial charge on any atom is -0.445 e. The first-order valence-electron chi connectivity index (χ1n) is 17.0. The van der Waals surface area contributed by atoms with Crippen LogP contribution in [-0.4, -0.2) is 59.6 Å². The number of hydrogen-bond donors (Lipinski definition) is 5. The molecule has 2 unspecified atom stereocenters. The van der Waals surface area contributed by atoms with Gasteiger partial charge in [-0.2, -0.15) is 0 Å². The minimum atomic E-state index is -1.49. The van der Waals surface area contributed by atoms with Crippen LogP contribution in [0.4, 0.5) is 4.79 Å². The van der Waals surface area contributed by atoms with Gasteiger partial charge in [0.05, 0.1) is 12.1 Å². The summed E-state index contributed by atoms with van der Waals surface area (Å²) in [5, 5.41) is 21.5. The first-order chi connectivity index (χ1) is 23.4. The zero-order valence-corrected chi connectivity index (χ0v) is 29.1. The van der Waals surface area contributed by atoms with Gasteiger partial charge in [-0.3, -0.25) is 14.4 Å². The number of Topliss-reactive ketones (excluding diaryl/α,β-unsaturated/α-hetero) is 1. The lowest BCUT2D eigenvalue weighted by Gasteiger charge is -2.31. The van der Waals surface area contributed by atoms with Gasteiger partial charge in [0, 0.05) is 18.9 Å². The molecule has 0 aliphatic carbocycles. The molecule has 0 bridgehead atoms. The number of aliphatic hydroxyl groups is 1. The molecule has 0 radical (unpaired) electrons. The SMILES string of the molecule is C=CC[C@H](NC(=O)[C@H](Cc1cccc2ccccc12)NC(=O)OCc1ccccc1)C(=O)[C@@H](CC(C)C)[C@H](O)C(N)C(=O)NCC(C)CC. The number of nitrogens with one attached hydrogen (secondary N) is 3. The number of carbonyl (C=O) groups excluding carboxylic acids is 4. The predicted octanol–water partition coefficient (Wildman–Crippen LogP) is 4.82. The average Bonchev–Trinajstić information content (AvgIpc) is 3.10. The number of alkyl carbamates (subject to hydrolysis) is 1. The third-order valence-electron chi connectivity index (χ3n) is 8.68. The van der Waals surface area contributed by atoms with E-state index in [9.17, 15) is 24.3 Å². The molecule has 3 aromatic rings. The molecule has 0 saturated heterocycles. The number of ketones is 1. The lowest BCUT2D eigenvalue weighted by Crippen LogP contribution is -2.57. The Hall–Kier alpha value is -4.54. The maximum Gasteiger partial charge on any atom is 0.408 e. The van der Waals surface area contributed by atoms with Crippen molar-refractivity contribution in [1.82, 2.24) is 16.0 Å². The summed E-state index contributed by atoms with van der Waals surface area (Å²) in [6.07, 6.45) is 0.479. The molecule has 10 heteroatoms. The summed E-state index contributed by atoms with van der Waals surface area (Å²) in [6, 6.07) is 19.1. The highest BCUT2D eigenvalue weighted by Gasteiger charge is 2.39. The summed E-state index contributed by atoms with van der Waals surface area (Å²) in [4.78, 5) is 54.0. The monoisotopic (exact) mass is 672 g/mol. The van der Waals surface area contributed by atoms with Crippen molar-refractivity contribution in [3.63, 3.8) is 0 Å². The van der Waals surface area contributed by atoms with Crippen LogP contribution in [0.25, 0.3) is 10.8 Å². The number of rotatable bonds is 19. The van der Waals surface area contributed by atoms with Crippen LogP contribution in [0.3, 0.4) is 0 Å². The Morgan fingerprint density at radius 1 is 0.898 bits per heavy atom. The topological polar surface area (TPSA) is 160 Å². The molecule has 10 nitrogen and oxygen atoms in total. The summed E-state index contributed by atoms with van der Waals surface area (Å²) >= 11 is 0. The van der Waals surface area contributed by atoms with Crippen molar-refractivity contribution >= 4 is 34.5 Å². The van der Waals surface area contributed by atoms with Gasteiger partial charge in [0.15, 0.2) is 5.78 Å². The van der Waals surface area contributed by atoms with Gasteiger partial charge in [-0.05, 0) is 46.6 Å². The van der Waals surface area contributed by atoms with Gasteiger partial charge in [-0.25, -0.2) is 4.79 Å². The summed E-state index contributed by atoms with van der Waals surface area (Å²) in [7, 11) is 0. The van der Waals surface area contributed by atoms with Gasteiger partial charge >= 0.3 is 6.09 Å². The predicted molar refractivity (Wildman–Crippen MR) is 192 cm³/mol. The molecule has 0 fully saturated rings. The third kappa shape index (κ3) is 11.8. The van der Waals surface area contributed by atoms with E-state index in [1.165, 1.54) is 6.08 Å². The molecule has 0 aliphatic heterocycles. The van der Waals surface area contributed by atoms with Gasteiger partial charge in [0.1, 0.15) is 18.7 Å². The van der Waals surface area contributed by atoms with Crippen molar-refractivity contribution < 1.29 is 29.0 Å². The van der Waals surface area contributed by atoms with E-state index in [1.807, 2.05) is 100 Å². The fraction of sp³-hybridized carbons (Fsp3) is 0.436. The Morgan fingerprint density at radius 2 is 1.57 bits per heavy atom. The van der Waals surface area contributed by atoms with E-state index in [-0.39, 0.29) is 37.7 Å². The minimum absolute atomic E-state index is 0.00676. The van der Waals surface area contributed by atoms with E-state index in [1.54, 1.807) is 0 Å². The first-order valence-corrected chi connectivity index (χ1v) is 17.0. The van der Waals surface area contributed by atoms with Crippen LogP contribution in [0, 0.1) is 17.8 Å². The van der Waals surface area contributed by atoms with Crippen LogP contribution >= 0.6 is 0 Å². The van der Waals surface area contributed by atoms with Crippen LogP contribution in [-0.2, 0) is 32.1 Å². The maximum atomic E-state index is 14.1. The number of amides is 3. The molecule has 6 N–H and O–H groups in total. The lowest BCUT2D eigenvalue weighted by molar-refractivity contribution is -0.136. The highest BCUT2D eigenvalue weighted by atomic mass is 16.5. The maximum absolute atomic E-state index is 14.1. The highest BCUT2D eigenvalue weighted by Crippen LogP contribution is 2.23. The zero-order chi connectivity index (χ0) is 35.9. The molecule has 0 spiro atoms. The highest BCUT2D eigenvalue weighted by molar-refractivity contribution is 5.95. The molecule has 0 heterocycles. The van der Waals surface area contributed by atoms with Gasteiger partial charge in [-0.1, -0.05) is 113 Å². The van der Waals surface area contributed by atoms with Crippen LogP contribution < -0.4 is 21.7 Å². The second-order valence-electron chi connectivity index (χ2n) is 13.1. The molecule has 3 rings (SSSR count). The Morgan fingerprint density at radius 3 is 2.24 bits per heavy atom. The normalized spacial score (nSPS) is 14.9. The molecular formula is C39H52N4O6. The van der Waals surface area contributed by atoms with E-state index in [2.05, 4.69) is 22.5 Å². The van der Waals surface area contributed by atoms with Crippen molar-refractivity contribution in [1.29, 1.82) is 0 Å². The Bertz CT molecular complexity index is 1540. The second-order valence-corrected chi connectivity index (χ2v) is 13.1. The smallest absolute Gasteiger partial charge is 0.408 e. The quantitative estimate of drug-likeness (QED) is 0.114. The fourth-order valence-electron chi connectivity index (χ4n) is 5.62. The number of benzene rings is 3. The number of hydrogen-bond acceptors (Lipinski definition) is 7. The van der Waals surface area contributed by atoms with E-state index in [0.29, 0.717) is 6.54 Å². The number of nitrogens with two attached hydrogens (primary N) is 1. The van der Waals surface area contributed by atoms with Gasteiger partial charge < -0.3 is 31.5 Å². The molecule has 6 atom stereocenters. The average molecular weight is 673 g/mol. The molecular weight excluding hydrogens is 620 g/mol. The number of aliphatic hydroxyl groups excluding tert-OH is 1. The van der Waals surface area contributed by atoms with Crippen molar-refractivity contribution in [2.75, 3.05) is 6.54 Å². The molecule has 3 amide bonds. The fourth-order valence-corrected chi connectivity index (χ4v) is 5.62. The number of ether oxygens (including phenoxy) is 1. The Balaban J connectivity index is 1.85. The summed E-state index contributed by atoms with van der Waals surface area (Å²) in [5.41, 5.74) is 7.80. The van der Waals surface area contributed by atoms with Crippen molar-refractivity contribution in [3.05, 3.63) is 96.6 Å². The number of carbonyl (C=O) groups is 4. The molecule has 264 valence electrons. The second kappa shape index (κ2) is 19.5. The lowest BCUT2D eigenvalue weighted by atomic mass is 9.82. The van der Waals surface area contributed by atoms with Crippen LogP contribution in [0.5, 0.6) is 0 Å². The number of fused-ring (bicyclic) bond motifs is 1. The zero-order valence-electron chi connectivity index (χ0n) is 29.1. The van der Waals surface area contributed by atoms with E-state index < -0.39 is 53.8 Å². The van der Waals surface area contributed by atoms with E-state index in [0.717, 1.165) is 28.3 Å². The van der Waals surface area contributed by atoms with Gasteiger partial charge in [-0.15, -0.1) is 6.58 Å². The van der Waals surface area contributed by atoms with Crippen molar-refractivity contribution in [3.8, 4) is 0 Å². The van der Waals surface area contributed by atoms with Crippen molar-refractivity contribution in [2.24, 2.45) is 23.5 Å². The molecule has 49 heavy (non-hydrogen) atoms. The van der Waals surface area contributed by atoms with Gasteiger partial charge in [0.2, 0.25) is 11.8 Å². The van der Waals surface area contributed by atoms with E-state index in [4.69, 9.17) is 10.5 Å². The summed E-state index contributed by atoms with van der Waals surface area (Å²) in [5.74, 6) is -2.49. The third-order valence-corrected chi connectivity index (χ3v) is 8.68.